The largest absolute Gasteiger partial charge is 0.462 e. The average Bonchev–Trinajstić information content (AvgIpc) is 2.28. The number of hydrogen-bond acceptors (Lipinski definition) is 4. The van der Waals surface area contributed by atoms with Gasteiger partial charge in [-0.2, -0.15) is 5.26 Å². The zero-order valence-electron chi connectivity index (χ0n) is 9.28. The highest BCUT2D eigenvalue weighted by atomic mass is 32.1. The highest BCUT2D eigenvalue weighted by molar-refractivity contribution is 7.80. The molecule has 0 saturated carbocycles. The SMILES string of the molecule is CCOC(=O)c1c(CC)ccc(C#N)c1S. The first-order chi connectivity index (χ1) is 7.65. The normalized spacial score (nSPS) is 9.62. The Labute approximate surface area is 100 Å². The van der Waals surface area contributed by atoms with Gasteiger partial charge in [-0.1, -0.05) is 13.0 Å². The Bertz CT molecular complexity index is 449. The lowest BCUT2D eigenvalue weighted by Gasteiger charge is -2.10. The smallest absolute Gasteiger partial charge is 0.339 e. The zero-order valence-corrected chi connectivity index (χ0v) is 10.2. The summed E-state index contributed by atoms with van der Waals surface area (Å²) in [7, 11) is 0. The van der Waals surface area contributed by atoms with Crippen molar-refractivity contribution in [2.75, 3.05) is 6.61 Å². The Hall–Kier alpha value is -1.47. The summed E-state index contributed by atoms with van der Waals surface area (Å²) in [5, 5.41) is 8.87. The predicted octanol–water partition coefficient (Wildman–Crippen LogP) is 2.59. The van der Waals surface area contributed by atoms with Gasteiger partial charge >= 0.3 is 5.97 Å². The van der Waals surface area contributed by atoms with Gasteiger partial charge in [0.05, 0.1) is 17.7 Å². The summed E-state index contributed by atoms with van der Waals surface area (Å²) in [6, 6.07) is 5.44. The van der Waals surface area contributed by atoms with Gasteiger partial charge in [0.1, 0.15) is 6.07 Å². The molecule has 84 valence electrons. The molecule has 0 aliphatic carbocycles. The van der Waals surface area contributed by atoms with Crippen molar-refractivity contribution in [3.63, 3.8) is 0 Å². The van der Waals surface area contributed by atoms with E-state index in [1.165, 1.54) is 0 Å². The number of nitriles is 1. The van der Waals surface area contributed by atoms with Gasteiger partial charge < -0.3 is 4.74 Å². The first-order valence-corrected chi connectivity index (χ1v) is 5.52. The minimum absolute atomic E-state index is 0.311. The molecule has 1 aromatic rings. The molecule has 0 spiro atoms. The molecule has 0 atom stereocenters. The van der Waals surface area contributed by atoms with Crippen LogP contribution in [0, 0.1) is 11.3 Å². The van der Waals surface area contributed by atoms with E-state index in [-0.39, 0.29) is 0 Å². The molecule has 0 unspecified atom stereocenters. The fourth-order valence-electron chi connectivity index (χ4n) is 1.45. The maximum absolute atomic E-state index is 11.7. The third-order valence-corrected chi connectivity index (χ3v) is 2.71. The van der Waals surface area contributed by atoms with Crippen LogP contribution in [0.15, 0.2) is 17.0 Å². The molecule has 1 aromatic carbocycles. The van der Waals surface area contributed by atoms with Crippen LogP contribution in [0.4, 0.5) is 0 Å². The number of carbonyl (C=O) groups excluding carboxylic acids is 1. The predicted molar refractivity (Wildman–Crippen MR) is 63.7 cm³/mol. The Morgan fingerprint density at radius 2 is 2.19 bits per heavy atom. The minimum atomic E-state index is -0.415. The molecular weight excluding hydrogens is 222 g/mol. The van der Waals surface area contributed by atoms with E-state index >= 15 is 0 Å². The van der Waals surface area contributed by atoms with Crippen molar-refractivity contribution in [2.24, 2.45) is 0 Å². The molecule has 0 aromatic heterocycles. The van der Waals surface area contributed by atoms with Crippen LogP contribution in [0.5, 0.6) is 0 Å². The van der Waals surface area contributed by atoms with Crippen LogP contribution in [-0.2, 0) is 11.2 Å². The quantitative estimate of drug-likeness (QED) is 0.647. The van der Waals surface area contributed by atoms with E-state index in [2.05, 4.69) is 12.6 Å². The van der Waals surface area contributed by atoms with Gasteiger partial charge in [0.2, 0.25) is 0 Å². The van der Waals surface area contributed by atoms with Gasteiger partial charge in [-0.05, 0) is 25.0 Å². The van der Waals surface area contributed by atoms with Crippen LogP contribution in [0.25, 0.3) is 0 Å². The number of nitrogens with zero attached hydrogens (tertiary/aromatic N) is 1. The lowest BCUT2D eigenvalue weighted by molar-refractivity contribution is 0.0521. The van der Waals surface area contributed by atoms with Crippen LogP contribution in [0.2, 0.25) is 0 Å². The fraction of sp³-hybridized carbons (Fsp3) is 0.333. The standard InChI is InChI=1S/C12H13NO2S/c1-3-8-5-6-9(7-13)11(16)10(8)12(14)15-4-2/h5-6,16H,3-4H2,1-2H3. The van der Waals surface area contributed by atoms with E-state index in [1.54, 1.807) is 19.1 Å². The van der Waals surface area contributed by atoms with E-state index in [9.17, 15) is 4.79 Å². The van der Waals surface area contributed by atoms with Crippen molar-refractivity contribution in [3.8, 4) is 6.07 Å². The van der Waals surface area contributed by atoms with Gasteiger partial charge in [0.15, 0.2) is 0 Å². The van der Waals surface area contributed by atoms with Gasteiger partial charge in [0, 0.05) is 4.90 Å². The Balaban J connectivity index is 3.33. The maximum atomic E-state index is 11.7. The lowest BCUT2D eigenvalue weighted by atomic mass is 10.0. The molecule has 0 aliphatic heterocycles. The number of aryl methyl sites for hydroxylation is 1. The topological polar surface area (TPSA) is 50.1 Å². The molecule has 0 saturated heterocycles. The second kappa shape index (κ2) is 5.57. The lowest BCUT2D eigenvalue weighted by Crippen LogP contribution is -2.10. The Morgan fingerprint density at radius 1 is 1.50 bits per heavy atom. The fourth-order valence-corrected chi connectivity index (χ4v) is 1.81. The number of esters is 1. The molecule has 0 heterocycles. The molecular formula is C12H13NO2S. The first-order valence-electron chi connectivity index (χ1n) is 5.07. The van der Waals surface area contributed by atoms with E-state index in [0.717, 1.165) is 5.56 Å². The van der Waals surface area contributed by atoms with Crippen LogP contribution in [0.1, 0.15) is 35.3 Å². The second-order valence-electron chi connectivity index (χ2n) is 3.18. The number of rotatable bonds is 3. The highest BCUT2D eigenvalue weighted by Gasteiger charge is 2.17. The van der Waals surface area contributed by atoms with Gasteiger partial charge in [-0.15, -0.1) is 12.6 Å². The van der Waals surface area contributed by atoms with Crippen LogP contribution >= 0.6 is 12.6 Å². The van der Waals surface area contributed by atoms with Gasteiger partial charge in [-0.25, -0.2) is 4.79 Å². The zero-order chi connectivity index (χ0) is 12.1. The van der Waals surface area contributed by atoms with Crippen molar-refractivity contribution in [3.05, 3.63) is 28.8 Å². The van der Waals surface area contributed by atoms with E-state index in [0.29, 0.717) is 29.1 Å². The number of benzene rings is 1. The second-order valence-corrected chi connectivity index (χ2v) is 3.63. The molecule has 0 radical (unpaired) electrons. The first kappa shape index (κ1) is 12.6. The van der Waals surface area contributed by atoms with Crippen molar-refractivity contribution in [1.82, 2.24) is 0 Å². The van der Waals surface area contributed by atoms with E-state index < -0.39 is 5.97 Å². The van der Waals surface area contributed by atoms with Gasteiger partial charge in [0.25, 0.3) is 0 Å². The maximum Gasteiger partial charge on any atom is 0.339 e. The minimum Gasteiger partial charge on any atom is -0.462 e. The summed E-state index contributed by atoms with van der Waals surface area (Å²) in [4.78, 5) is 12.1. The number of ether oxygens (including phenoxy) is 1. The molecule has 0 N–H and O–H groups in total. The molecule has 0 aliphatic rings. The van der Waals surface area contributed by atoms with Crippen LogP contribution in [-0.4, -0.2) is 12.6 Å². The molecule has 0 bridgehead atoms. The average molecular weight is 235 g/mol. The molecule has 4 heteroatoms. The number of hydrogen-bond donors (Lipinski definition) is 1. The summed E-state index contributed by atoms with van der Waals surface area (Å²) >= 11 is 4.22. The third kappa shape index (κ3) is 2.37. The number of carbonyl (C=O) groups is 1. The van der Waals surface area contributed by atoms with Crippen molar-refractivity contribution >= 4 is 18.6 Å². The van der Waals surface area contributed by atoms with E-state index in [1.807, 2.05) is 13.0 Å². The molecule has 0 fully saturated rings. The number of thiol groups is 1. The van der Waals surface area contributed by atoms with Crippen molar-refractivity contribution in [2.45, 2.75) is 25.2 Å². The van der Waals surface area contributed by atoms with Crippen LogP contribution in [0.3, 0.4) is 0 Å². The molecule has 3 nitrogen and oxygen atoms in total. The Morgan fingerprint density at radius 3 is 2.69 bits per heavy atom. The van der Waals surface area contributed by atoms with Crippen molar-refractivity contribution < 1.29 is 9.53 Å². The molecule has 0 amide bonds. The Kier molecular flexibility index (Phi) is 4.39. The summed E-state index contributed by atoms with van der Waals surface area (Å²) in [5.74, 6) is -0.415. The highest BCUT2D eigenvalue weighted by Crippen LogP contribution is 2.24. The third-order valence-electron chi connectivity index (χ3n) is 2.25. The van der Waals surface area contributed by atoms with Gasteiger partial charge in [-0.3, -0.25) is 0 Å². The summed E-state index contributed by atoms with van der Waals surface area (Å²) < 4.78 is 4.95. The van der Waals surface area contributed by atoms with Crippen molar-refractivity contribution in [1.29, 1.82) is 5.26 Å². The molecule has 16 heavy (non-hydrogen) atoms. The summed E-state index contributed by atoms with van der Waals surface area (Å²) in [6.07, 6.45) is 0.702. The monoisotopic (exact) mass is 235 g/mol. The summed E-state index contributed by atoms with van der Waals surface area (Å²) in [5.41, 5.74) is 1.65. The molecule has 1 rings (SSSR count). The summed E-state index contributed by atoms with van der Waals surface area (Å²) in [6.45, 7) is 4.00. The van der Waals surface area contributed by atoms with E-state index in [4.69, 9.17) is 10.00 Å². The van der Waals surface area contributed by atoms with Crippen LogP contribution < -0.4 is 0 Å².